The maximum Gasteiger partial charge on any atom is 0.337 e. The number of halogens is 1. The van der Waals surface area contributed by atoms with Crippen LogP contribution in [0.15, 0.2) is 64.4 Å². The molecule has 1 saturated carbocycles. The Balaban J connectivity index is 1.80. The molecule has 4 aromatic rings. The van der Waals surface area contributed by atoms with E-state index in [1.807, 2.05) is 35.8 Å². The van der Waals surface area contributed by atoms with Crippen molar-refractivity contribution in [1.29, 1.82) is 0 Å². The molecule has 5 rings (SSSR count). The molecule has 6 nitrogen and oxygen atoms in total. The minimum Gasteiger partial charge on any atom is -0.320 e. The highest BCUT2D eigenvalue weighted by atomic mass is 35.5. The Morgan fingerprint density at radius 3 is 2.62 bits per heavy atom. The molecule has 0 unspecified atom stereocenters. The van der Waals surface area contributed by atoms with Crippen LogP contribution in [-0.2, 0) is 6.54 Å². The van der Waals surface area contributed by atoms with E-state index >= 15 is 0 Å². The lowest BCUT2D eigenvalue weighted by Crippen LogP contribution is -2.39. The highest BCUT2D eigenvalue weighted by Crippen LogP contribution is 2.33. The molecule has 2 heterocycles. The summed E-state index contributed by atoms with van der Waals surface area (Å²) in [6.07, 6.45) is 3.28. The first-order valence-corrected chi connectivity index (χ1v) is 9.95. The molecule has 0 spiro atoms. The predicted molar refractivity (Wildman–Crippen MR) is 113 cm³/mol. The molecule has 2 aromatic carbocycles. The third-order valence-corrected chi connectivity index (χ3v) is 5.61. The van der Waals surface area contributed by atoms with E-state index in [1.165, 1.54) is 9.13 Å². The van der Waals surface area contributed by atoms with Gasteiger partial charge >= 0.3 is 5.69 Å². The van der Waals surface area contributed by atoms with Gasteiger partial charge in [-0.25, -0.2) is 14.3 Å². The first-order valence-electron chi connectivity index (χ1n) is 9.57. The molecule has 2 aromatic heterocycles. The third-order valence-electron chi connectivity index (χ3n) is 5.29. The van der Waals surface area contributed by atoms with Crippen LogP contribution in [0, 0.1) is 6.92 Å². The van der Waals surface area contributed by atoms with Crippen LogP contribution in [-0.4, -0.2) is 18.7 Å². The molecule has 146 valence electrons. The molecule has 0 bridgehead atoms. The number of para-hydroxylation sites is 1. The molecule has 7 heteroatoms. The van der Waals surface area contributed by atoms with Gasteiger partial charge in [0, 0.05) is 12.6 Å². The number of benzene rings is 2. The number of hydrogen-bond donors (Lipinski definition) is 0. The summed E-state index contributed by atoms with van der Waals surface area (Å²) < 4.78 is 4.64. The van der Waals surface area contributed by atoms with Crippen molar-refractivity contribution >= 4 is 22.8 Å². The van der Waals surface area contributed by atoms with Gasteiger partial charge in [0.15, 0.2) is 11.2 Å². The predicted octanol–water partition coefficient (Wildman–Crippen LogP) is 3.69. The van der Waals surface area contributed by atoms with E-state index < -0.39 is 0 Å². The van der Waals surface area contributed by atoms with Crippen LogP contribution in [0.4, 0.5) is 0 Å². The summed E-state index contributed by atoms with van der Waals surface area (Å²) in [6, 6.07) is 15.2. The second kappa shape index (κ2) is 6.74. The molecule has 1 aliphatic carbocycles. The summed E-state index contributed by atoms with van der Waals surface area (Å²) >= 11 is 6.39. The lowest BCUT2D eigenvalue weighted by molar-refractivity contribution is 0.639. The first kappa shape index (κ1) is 17.9. The van der Waals surface area contributed by atoms with Crippen molar-refractivity contribution in [3.05, 3.63) is 91.8 Å². The Morgan fingerprint density at radius 1 is 1.10 bits per heavy atom. The Morgan fingerprint density at radius 2 is 1.90 bits per heavy atom. The molecule has 0 radical (unpaired) electrons. The van der Waals surface area contributed by atoms with E-state index in [0.29, 0.717) is 28.4 Å². The maximum atomic E-state index is 13.3. The van der Waals surface area contributed by atoms with Gasteiger partial charge in [0.05, 0.1) is 17.0 Å². The van der Waals surface area contributed by atoms with Gasteiger partial charge in [-0.05, 0) is 37.5 Å². The zero-order valence-electron chi connectivity index (χ0n) is 15.9. The van der Waals surface area contributed by atoms with E-state index in [9.17, 15) is 9.59 Å². The summed E-state index contributed by atoms with van der Waals surface area (Å²) in [5, 5.41) is 0.435. The van der Waals surface area contributed by atoms with Crippen molar-refractivity contribution in [3.63, 3.8) is 0 Å². The van der Waals surface area contributed by atoms with Gasteiger partial charge in [0.1, 0.15) is 0 Å². The lowest BCUT2D eigenvalue weighted by atomic mass is 10.1. The van der Waals surface area contributed by atoms with Crippen molar-refractivity contribution in [2.45, 2.75) is 32.4 Å². The highest BCUT2D eigenvalue weighted by Gasteiger charge is 2.30. The van der Waals surface area contributed by atoms with Gasteiger partial charge in [0.2, 0.25) is 0 Å². The summed E-state index contributed by atoms with van der Waals surface area (Å²) in [5.74, 6) is 0. The minimum absolute atomic E-state index is 0.0598. The summed E-state index contributed by atoms with van der Waals surface area (Å²) in [4.78, 5) is 31.0. The fraction of sp³-hybridized carbons (Fsp3) is 0.227. The summed E-state index contributed by atoms with van der Waals surface area (Å²) in [5.41, 5.74) is 2.81. The largest absolute Gasteiger partial charge is 0.337 e. The number of imidazole rings is 1. The molecular formula is C22H19ClN4O2. The number of fused-ring (bicyclic) bond motifs is 1. The van der Waals surface area contributed by atoms with Crippen LogP contribution in [0.1, 0.15) is 30.0 Å². The Hall–Kier alpha value is -3.12. The number of nitrogens with zero attached hydrogens (tertiary/aromatic N) is 4. The second-order valence-corrected chi connectivity index (χ2v) is 7.92. The van der Waals surface area contributed by atoms with Gasteiger partial charge in [-0.2, -0.15) is 0 Å². The van der Waals surface area contributed by atoms with E-state index in [2.05, 4.69) is 11.1 Å². The molecular weight excluding hydrogens is 388 g/mol. The first-order chi connectivity index (χ1) is 14.0. The molecule has 0 N–H and O–H groups in total. The zero-order chi connectivity index (χ0) is 20.1. The second-order valence-electron chi connectivity index (χ2n) is 7.51. The molecule has 1 aliphatic rings. The minimum atomic E-state index is -0.390. The Labute approximate surface area is 171 Å². The van der Waals surface area contributed by atoms with Crippen LogP contribution in [0.5, 0.6) is 0 Å². The fourth-order valence-corrected chi connectivity index (χ4v) is 4.01. The maximum absolute atomic E-state index is 13.3. The van der Waals surface area contributed by atoms with E-state index in [-0.39, 0.29) is 17.3 Å². The molecule has 29 heavy (non-hydrogen) atoms. The van der Waals surface area contributed by atoms with E-state index in [4.69, 9.17) is 11.6 Å². The summed E-state index contributed by atoms with van der Waals surface area (Å²) in [7, 11) is 0. The normalized spacial score (nSPS) is 13.9. The monoisotopic (exact) mass is 406 g/mol. The van der Waals surface area contributed by atoms with Crippen molar-refractivity contribution in [2.75, 3.05) is 0 Å². The number of aromatic nitrogens is 4. The van der Waals surface area contributed by atoms with Crippen LogP contribution >= 0.6 is 11.6 Å². The van der Waals surface area contributed by atoms with E-state index in [0.717, 1.165) is 24.0 Å². The van der Waals surface area contributed by atoms with Gasteiger partial charge in [-0.3, -0.25) is 9.36 Å². The van der Waals surface area contributed by atoms with Crippen LogP contribution in [0.25, 0.3) is 16.9 Å². The van der Waals surface area contributed by atoms with Crippen LogP contribution in [0.3, 0.4) is 0 Å². The number of hydrogen-bond acceptors (Lipinski definition) is 3. The number of aryl methyl sites for hydroxylation is 1. The fourth-order valence-electron chi connectivity index (χ4n) is 3.79. The molecule has 0 atom stereocenters. The lowest BCUT2D eigenvalue weighted by Gasteiger charge is -2.13. The van der Waals surface area contributed by atoms with Crippen molar-refractivity contribution in [3.8, 4) is 5.69 Å². The molecule has 0 saturated heterocycles. The molecule has 1 fully saturated rings. The number of rotatable bonds is 4. The molecule has 0 aliphatic heterocycles. The highest BCUT2D eigenvalue weighted by molar-refractivity contribution is 6.32. The summed E-state index contributed by atoms with van der Waals surface area (Å²) in [6.45, 7) is 2.53. The molecule has 0 amide bonds. The van der Waals surface area contributed by atoms with Gasteiger partial charge in [-0.15, -0.1) is 0 Å². The van der Waals surface area contributed by atoms with E-state index in [1.54, 1.807) is 24.5 Å². The smallest absolute Gasteiger partial charge is 0.320 e. The van der Waals surface area contributed by atoms with Crippen molar-refractivity contribution in [2.24, 2.45) is 0 Å². The quantitative estimate of drug-likeness (QED) is 0.519. The van der Waals surface area contributed by atoms with Crippen LogP contribution in [0.2, 0.25) is 5.02 Å². The van der Waals surface area contributed by atoms with Crippen molar-refractivity contribution < 1.29 is 0 Å². The topological polar surface area (TPSA) is 61.8 Å². The van der Waals surface area contributed by atoms with Gasteiger partial charge in [0.25, 0.3) is 5.56 Å². The average Bonchev–Trinajstić information content (AvgIpc) is 3.44. The third kappa shape index (κ3) is 3.00. The zero-order valence-corrected chi connectivity index (χ0v) is 16.6. The van der Waals surface area contributed by atoms with Gasteiger partial charge < -0.3 is 4.57 Å². The van der Waals surface area contributed by atoms with Gasteiger partial charge in [-0.1, -0.05) is 53.6 Å². The van der Waals surface area contributed by atoms with Crippen LogP contribution < -0.4 is 11.2 Å². The Kier molecular flexibility index (Phi) is 4.17. The van der Waals surface area contributed by atoms with Crippen molar-refractivity contribution in [1.82, 2.24) is 18.7 Å². The SMILES string of the molecule is Cc1cccc(Cn2cnc3c2c(=O)n(C2CC2)c(=O)n3-c2ccccc2Cl)c1. The Bertz CT molecular complexity index is 1360. The standard InChI is InChI=1S/C22H19ClN4O2/c1-14-5-4-6-15(11-14)12-25-13-24-20-19(25)21(28)26(16-9-10-16)22(29)27(20)18-8-3-2-7-17(18)23/h2-8,11,13,16H,9-10,12H2,1H3. The average molecular weight is 407 g/mol.